The lowest BCUT2D eigenvalue weighted by molar-refractivity contribution is 0.200. The minimum absolute atomic E-state index is 0.439. The Balaban J connectivity index is 1.71. The smallest absolute Gasteiger partial charge is 0.124 e. The molecule has 2 aliphatic heterocycles. The molecule has 1 saturated heterocycles. The molecule has 4 heteroatoms. The molecule has 1 aromatic carbocycles. The van der Waals surface area contributed by atoms with Gasteiger partial charge in [0, 0.05) is 28.5 Å². The van der Waals surface area contributed by atoms with Crippen molar-refractivity contribution in [3.05, 3.63) is 28.2 Å². The summed E-state index contributed by atoms with van der Waals surface area (Å²) < 4.78 is 6.88. The molecule has 0 saturated carbocycles. The van der Waals surface area contributed by atoms with Gasteiger partial charge in [-0.3, -0.25) is 0 Å². The van der Waals surface area contributed by atoms with E-state index in [-0.39, 0.29) is 0 Å². The number of halogens is 1. The van der Waals surface area contributed by atoms with E-state index >= 15 is 0 Å². The van der Waals surface area contributed by atoms with E-state index in [4.69, 9.17) is 4.74 Å². The molecule has 0 bridgehead atoms. The SMILES string of the molecule is CN1CCC(NC2CCOc3ccc(Br)cc32)CC1. The number of rotatable bonds is 2. The van der Waals surface area contributed by atoms with Gasteiger partial charge in [0.15, 0.2) is 0 Å². The quantitative estimate of drug-likeness (QED) is 0.905. The Hall–Kier alpha value is -0.580. The normalized spacial score (nSPS) is 24.8. The zero-order valence-corrected chi connectivity index (χ0v) is 12.9. The summed E-state index contributed by atoms with van der Waals surface area (Å²) in [5.74, 6) is 1.04. The van der Waals surface area contributed by atoms with Gasteiger partial charge in [-0.05, 0) is 51.2 Å². The number of nitrogens with one attached hydrogen (secondary N) is 1. The summed E-state index contributed by atoms with van der Waals surface area (Å²) in [4.78, 5) is 2.41. The maximum atomic E-state index is 5.75. The van der Waals surface area contributed by atoms with Crippen LogP contribution in [-0.4, -0.2) is 37.7 Å². The van der Waals surface area contributed by atoms with Crippen molar-refractivity contribution in [2.45, 2.75) is 31.3 Å². The fraction of sp³-hybridized carbons (Fsp3) is 0.600. The van der Waals surface area contributed by atoms with E-state index < -0.39 is 0 Å². The van der Waals surface area contributed by atoms with Crippen molar-refractivity contribution < 1.29 is 4.74 Å². The molecule has 0 aliphatic carbocycles. The molecule has 0 radical (unpaired) electrons. The van der Waals surface area contributed by atoms with Crippen LogP contribution in [0.15, 0.2) is 22.7 Å². The van der Waals surface area contributed by atoms with Crippen molar-refractivity contribution in [2.24, 2.45) is 0 Å². The molecule has 1 fully saturated rings. The Labute approximate surface area is 123 Å². The molecule has 3 nitrogen and oxygen atoms in total. The van der Waals surface area contributed by atoms with Crippen LogP contribution in [0.4, 0.5) is 0 Å². The lowest BCUT2D eigenvalue weighted by Crippen LogP contribution is -2.43. The Morgan fingerprint density at radius 3 is 2.84 bits per heavy atom. The molecule has 0 amide bonds. The van der Waals surface area contributed by atoms with Crippen LogP contribution in [0.25, 0.3) is 0 Å². The molecule has 1 unspecified atom stereocenters. The predicted molar refractivity (Wildman–Crippen MR) is 80.6 cm³/mol. The van der Waals surface area contributed by atoms with Gasteiger partial charge in [-0.25, -0.2) is 0 Å². The molecule has 104 valence electrons. The van der Waals surface area contributed by atoms with Gasteiger partial charge in [-0.1, -0.05) is 15.9 Å². The molecule has 0 aromatic heterocycles. The van der Waals surface area contributed by atoms with Gasteiger partial charge < -0.3 is 15.0 Å². The summed E-state index contributed by atoms with van der Waals surface area (Å²) in [6.07, 6.45) is 3.56. The second-order valence-corrected chi connectivity index (χ2v) is 6.53. The van der Waals surface area contributed by atoms with E-state index in [1.807, 2.05) is 0 Å². The summed E-state index contributed by atoms with van der Waals surface area (Å²) in [6.45, 7) is 3.22. The van der Waals surface area contributed by atoms with Crippen LogP contribution in [0.5, 0.6) is 5.75 Å². The van der Waals surface area contributed by atoms with E-state index in [0.29, 0.717) is 12.1 Å². The fourth-order valence-electron chi connectivity index (χ4n) is 3.00. The first-order valence-electron chi connectivity index (χ1n) is 7.09. The summed E-state index contributed by atoms with van der Waals surface area (Å²) in [7, 11) is 2.21. The van der Waals surface area contributed by atoms with Crippen LogP contribution >= 0.6 is 15.9 Å². The van der Waals surface area contributed by atoms with Crippen molar-refractivity contribution in [2.75, 3.05) is 26.7 Å². The van der Waals surface area contributed by atoms with Gasteiger partial charge in [0.05, 0.1) is 6.61 Å². The number of fused-ring (bicyclic) bond motifs is 1. The molecule has 1 aromatic rings. The van der Waals surface area contributed by atoms with Crippen molar-refractivity contribution in [1.82, 2.24) is 10.2 Å². The molecule has 1 atom stereocenters. The highest BCUT2D eigenvalue weighted by molar-refractivity contribution is 9.10. The zero-order valence-electron chi connectivity index (χ0n) is 11.4. The third-order valence-corrected chi connectivity index (χ3v) is 4.66. The standard InChI is InChI=1S/C15H21BrN2O/c1-18-7-4-12(5-8-18)17-14-6-9-19-15-3-2-11(16)10-13(14)15/h2-3,10,12,14,17H,4-9H2,1H3. The molecule has 0 spiro atoms. The Bertz CT molecular complexity index is 444. The zero-order chi connectivity index (χ0) is 13.2. The molecule has 2 heterocycles. The molecular formula is C15H21BrN2O. The van der Waals surface area contributed by atoms with Crippen LogP contribution in [0.3, 0.4) is 0 Å². The van der Waals surface area contributed by atoms with Gasteiger partial charge >= 0.3 is 0 Å². The first kappa shape index (κ1) is 13.4. The number of hydrogen-bond donors (Lipinski definition) is 1. The van der Waals surface area contributed by atoms with Crippen LogP contribution in [0, 0.1) is 0 Å². The Morgan fingerprint density at radius 1 is 1.26 bits per heavy atom. The van der Waals surface area contributed by atoms with Crippen molar-refractivity contribution >= 4 is 15.9 Å². The number of benzene rings is 1. The van der Waals surface area contributed by atoms with Gasteiger partial charge in [0.2, 0.25) is 0 Å². The number of ether oxygens (including phenoxy) is 1. The van der Waals surface area contributed by atoms with Gasteiger partial charge in [0.25, 0.3) is 0 Å². The van der Waals surface area contributed by atoms with Gasteiger partial charge in [-0.15, -0.1) is 0 Å². The highest BCUT2D eigenvalue weighted by Gasteiger charge is 2.25. The van der Waals surface area contributed by atoms with Crippen molar-refractivity contribution in [3.8, 4) is 5.75 Å². The average molecular weight is 325 g/mol. The maximum Gasteiger partial charge on any atom is 0.124 e. The fourth-order valence-corrected chi connectivity index (χ4v) is 3.38. The van der Waals surface area contributed by atoms with Crippen LogP contribution in [-0.2, 0) is 0 Å². The third kappa shape index (κ3) is 3.12. The largest absolute Gasteiger partial charge is 0.493 e. The Kier molecular flexibility index (Phi) is 4.10. The maximum absolute atomic E-state index is 5.75. The highest BCUT2D eigenvalue weighted by Crippen LogP contribution is 2.34. The van der Waals surface area contributed by atoms with Crippen LogP contribution < -0.4 is 10.1 Å². The van der Waals surface area contributed by atoms with E-state index in [2.05, 4.69) is 51.4 Å². The average Bonchev–Trinajstić information content (AvgIpc) is 2.42. The first-order valence-corrected chi connectivity index (χ1v) is 7.88. The summed E-state index contributed by atoms with van der Waals surface area (Å²) in [5, 5.41) is 3.83. The van der Waals surface area contributed by atoms with Crippen LogP contribution in [0.1, 0.15) is 30.9 Å². The number of likely N-dealkylation sites (tertiary alicyclic amines) is 1. The molecule has 2 aliphatic rings. The number of nitrogens with zero attached hydrogens (tertiary/aromatic N) is 1. The second kappa shape index (κ2) is 5.81. The summed E-state index contributed by atoms with van der Waals surface area (Å²) >= 11 is 3.56. The molecule has 3 rings (SSSR count). The molecular weight excluding hydrogens is 304 g/mol. The summed E-state index contributed by atoms with van der Waals surface area (Å²) in [5.41, 5.74) is 1.31. The minimum Gasteiger partial charge on any atom is -0.493 e. The van der Waals surface area contributed by atoms with Gasteiger partial charge in [-0.2, -0.15) is 0 Å². The summed E-state index contributed by atoms with van der Waals surface area (Å²) in [6, 6.07) is 7.40. The van der Waals surface area contributed by atoms with E-state index in [0.717, 1.165) is 23.2 Å². The number of hydrogen-bond acceptors (Lipinski definition) is 3. The number of piperidine rings is 1. The lowest BCUT2D eigenvalue weighted by Gasteiger charge is -2.35. The van der Waals surface area contributed by atoms with Crippen molar-refractivity contribution in [1.29, 1.82) is 0 Å². The highest BCUT2D eigenvalue weighted by atomic mass is 79.9. The van der Waals surface area contributed by atoms with Crippen LogP contribution in [0.2, 0.25) is 0 Å². The lowest BCUT2D eigenvalue weighted by atomic mass is 9.97. The van der Waals surface area contributed by atoms with E-state index in [9.17, 15) is 0 Å². The second-order valence-electron chi connectivity index (χ2n) is 5.62. The predicted octanol–water partition coefficient (Wildman–Crippen LogP) is 2.96. The molecule has 1 N–H and O–H groups in total. The van der Waals surface area contributed by atoms with Gasteiger partial charge in [0.1, 0.15) is 5.75 Å². The monoisotopic (exact) mass is 324 g/mol. The third-order valence-electron chi connectivity index (χ3n) is 4.17. The Morgan fingerprint density at radius 2 is 2.05 bits per heavy atom. The minimum atomic E-state index is 0.439. The van der Waals surface area contributed by atoms with E-state index in [1.54, 1.807) is 0 Å². The molecule has 19 heavy (non-hydrogen) atoms. The first-order chi connectivity index (χ1) is 9.22. The van der Waals surface area contributed by atoms with Crippen molar-refractivity contribution in [3.63, 3.8) is 0 Å². The topological polar surface area (TPSA) is 24.5 Å². The van der Waals surface area contributed by atoms with E-state index in [1.165, 1.54) is 31.5 Å².